The molecule has 2 amide bonds. The van der Waals surface area contributed by atoms with Crippen LogP contribution in [0, 0.1) is 0 Å². The number of nitrogens with zero attached hydrogens (tertiary/aromatic N) is 1. The molecule has 0 spiro atoms. The van der Waals surface area contributed by atoms with E-state index in [2.05, 4.69) is 0 Å². The molecule has 0 fully saturated rings. The summed E-state index contributed by atoms with van der Waals surface area (Å²) < 4.78 is 0. The Morgan fingerprint density at radius 3 is 2.20 bits per heavy atom. The quantitative estimate of drug-likeness (QED) is 0.510. The lowest BCUT2D eigenvalue weighted by Crippen LogP contribution is -2.34. The predicted molar refractivity (Wildman–Crippen MR) is 75.1 cm³/mol. The molecule has 0 aliphatic carbocycles. The molecule has 2 aromatic rings. The Morgan fingerprint density at radius 1 is 1.05 bits per heavy atom. The fourth-order valence-corrected chi connectivity index (χ4v) is 1.89. The number of hydroxylamine groups is 1. The second-order valence-corrected chi connectivity index (χ2v) is 4.13. The number of rotatable bonds is 4. The van der Waals surface area contributed by atoms with Gasteiger partial charge in [0.2, 0.25) is 0 Å². The number of benzene rings is 2. The highest BCUT2D eigenvalue weighted by atomic mass is 16.5. The molecule has 0 aliphatic heterocycles. The number of hydrogen-bond donors (Lipinski definition) is 2. The largest absolute Gasteiger partial charge is 0.350 e. The zero-order chi connectivity index (χ0) is 14.4. The Labute approximate surface area is 116 Å². The minimum Gasteiger partial charge on any atom is -0.303 e. The molecule has 0 aromatic heterocycles. The van der Waals surface area contributed by atoms with Gasteiger partial charge >= 0.3 is 6.03 Å². The summed E-state index contributed by atoms with van der Waals surface area (Å²) in [6, 6.07) is 15.3. The minimum absolute atomic E-state index is 0.331. The van der Waals surface area contributed by atoms with Crippen LogP contribution in [0.2, 0.25) is 0 Å². The minimum atomic E-state index is -0.653. The van der Waals surface area contributed by atoms with Gasteiger partial charge in [-0.15, -0.1) is 0 Å². The molecule has 0 radical (unpaired) electrons. The summed E-state index contributed by atoms with van der Waals surface area (Å²) in [4.78, 5) is 23.6. The normalized spacial score (nSPS) is 9.85. The van der Waals surface area contributed by atoms with Crippen LogP contribution in [0.3, 0.4) is 0 Å². The first-order valence-electron chi connectivity index (χ1n) is 6.08. The van der Waals surface area contributed by atoms with E-state index >= 15 is 0 Å². The Bertz CT molecular complexity index is 582. The van der Waals surface area contributed by atoms with E-state index in [1.165, 1.54) is 4.90 Å². The van der Waals surface area contributed by atoms with E-state index in [0.29, 0.717) is 17.8 Å². The number of hydrogen-bond acceptors (Lipinski definition) is 3. The van der Waals surface area contributed by atoms with Gasteiger partial charge in [-0.05, 0) is 29.8 Å². The molecule has 0 atom stereocenters. The number of nitrogens with one attached hydrogen (secondary N) is 1. The van der Waals surface area contributed by atoms with Crippen molar-refractivity contribution in [3.8, 4) is 0 Å². The van der Waals surface area contributed by atoms with E-state index in [1.807, 2.05) is 6.07 Å². The van der Waals surface area contributed by atoms with Crippen LogP contribution >= 0.6 is 0 Å². The molecule has 20 heavy (non-hydrogen) atoms. The van der Waals surface area contributed by atoms with Crippen molar-refractivity contribution < 1.29 is 14.8 Å². The average molecular weight is 270 g/mol. The molecule has 2 aromatic carbocycles. The number of anilines is 2. The first-order chi connectivity index (χ1) is 9.76. The van der Waals surface area contributed by atoms with E-state index < -0.39 is 6.03 Å². The lowest BCUT2D eigenvalue weighted by Gasteiger charge is -2.22. The standard InChI is InChI=1S/C15H14N2O3/c18-11-10-12-6-8-14(9-7-12)17(15(19)16-20)13-4-2-1-3-5-13/h1-9,11,20H,10H2,(H,16,19). The summed E-state index contributed by atoms with van der Waals surface area (Å²) in [7, 11) is 0. The third-order valence-corrected chi connectivity index (χ3v) is 2.83. The first-order valence-corrected chi connectivity index (χ1v) is 6.08. The van der Waals surface area contributed by atoms with Crippen LogP contribution in [-0.4, -0.2) is 17.5 Å². The van der Waals surface area contributed by atoms with Crippen LogP contribution in [0.4, 0.5) is 16.2 Å². The second-order valence-electron chi connectivity index (χ2n) is 4.13. The van der Waals surface area contributed by atoms with Crippen molar-refractivity contribution in [2.75, 3.05) is 4.90 Å². The maximum absolute atomic E-state index is 11.8. The zero-order valence-electron chi connectivity index (χ0n) is 10.7. The lowest BCUT2D eigenvalue weighted by molar-refractivity contribution is -0.107. The van der Waals surface area contributed by atoms with Gasteiger partial charge in [0, 0.05) is 6.42 Å². The van der Waals surface area contributed by atoms with Crippen molar-refractivity contribution in [3.63, 3.8) is 0 Å². The summed E-state index contributed by atoms with van der Waals surface area (Å²) in [6.07, 6.45) is 1.15. The second kappa shape index (κ2) is 6.49. The zero-order valence-corrected chi connectivity index (χ0v) is 10.7. The van der Waals surface area contributed by atoms with Crippen molar-refractivity contribution in [2.24, 2.45) is 0 Å². The highest BCUT2D eigenvalue weighted by Crippen LogP contribution is 2.25. The van der Waals surface area contributed by atoms with E-state index in [4.69, 9.17) is 5.21 Å². The van der Waals surface area contributed by atoms with Crippen LogP contribution in [0.25, 0.3) is 0 Å². The van der Waals surface area contributed by atoms with Crippen LogP contribution in [-0.2, 0) is 11.2 Å². The molecule has 102 valence electrons. The molecule has 5 nitrogen and oxygen atoms in total. The number of carbonyl (C=O) groups excluding carboxylic acids is 2. The molecule has 0 heterocycles. The first kappa shape index (κ1) is 13.8. The van der Waals surface area contributed by atoms with E-state index in [-0.39, 0.29) is 0 Å². The molecule has 0 saturated heterocycles. The van der Waals surface area contributed by atoms with Crippen molar-refractivity contribution in [1.82, 2.24) is 5.48 Å². The smallest absolute Gasteiger partial charge is 0.303 e. The molecule has 5 heteroatoms. The Balaban J connectivity index is 2.36. The van der Waals surface area contributed by atoms with Crippen LogP contribution in [0.5, 0.6) is 0 Å². The van der Waals surface area contributed by atoms with Crippen molar-refractivity contribution >= 4 is 23.7 Å². The van der Waals surface area contributed by atoms with Gasteiger partial charge in [0.15, 0.2) is 0 Å². The van der Waals surface area contributed by atoms with Crippen molar-refractivity contribution in [1.29, 1.82) is 0 Å². The number of urea groups is 1. The average Bonchev–Trinajstić information content (AvgIpc) is 2.50. The van der Waals surface area contributed by atoms with Crippen LogP contribution < -0.4 is 10.4 Å². The molecule has 0 saturated carbocycles. The van der Waals surface area contributed by atoms with Gasteiger partial charge < -0.3 is 4.79 Å². The fourth-order valence-electron chi connectivity index (χ4n) is 1.89. The van der Waals surface area contributed by atoms with Gasteiger partial charge in [0.25, 0.3) is 0 Å². The van der Waals surface area contributed by atoms with Gasteiger partial charge in [0.1, 0.15) is 6.29 Å². The van der Waals surface area contributed by atoms with Gasteiger partial charge in [-0.2, -0.15) is 0 Å². The molecule has 0 unspecified atom stereocenters. The van der Waals surface area contributed by atoms with Gasteiger partial charge in [-0.25, -0.2) is 10.3 Å². The summed E-state index contributed by atoms with van der Waals surface area (Å²) >= 11 is 0. The number of para-hydroxylation sites is 1. The highest BCUT2D eigenvalue weighted by Gasteiger charge is 2.16. The molecule has 0 bridgehead atoms. The topological polar surface area (TPSA) is 69.6 Å². The van der Waals surface area contributed by atoms with E-state index in [0.717, 1.165) is 11.8 Å². The third kappa shape index (κ3) is 3.02. The predicted octanol–water partition coefficient (Wildman–Crippen LogP) is 2.66. The Hall–Kier alpha value is -2.66. The van der Waals surface area contributed by atoms with E-state index in [1.54, 1.807) is 54.0 Å². The summed E-state index contributed by atoms with van der Waals surface area (Å²) in [5, 5.41) is 8.88. The van der Waals surface area contributed by atoms with E-state index in [9.17, 15) is 9.59 Å². The fraction of sp³-hybridized carbons (Fsp3) is 0.0667. The molecular formula is C15H14N2O3. The summed E-state index contributed by atoms with van der Waals surface area (Å²) in [6.45, 7) is 0. The monoisotopic (exact) mass is 270 g/mol. The molecule has 2 rings (SSSR count). The Kier molecular flexibility index (Phi) is 4.47. The molecule has 2 N–H and O–H groups in total. The highest BCUT2D eigenvalue weighted by molar-refractivity contribution is 5.98. The van der Waals surface area contributed by atoms with Gasteiger partial charge in [-0.1, -0.05) is 30.3 Å². The van der Waals surface area contributed by atoms with Crippen molar-refractivity contribution in [3.05, 3.63) is 60.2 Å². The van der Waals surface area contributed by atoms with Crippen LogP contribution in [0.15, 0.2) is 54.6 Å². The van der Waals surface area contributed by atoms with Crippen molar-refractivity contribution in [2.45, 2.75) is 6.42 Å². The summed E-state index contributed by atoms with van der Waals surface area (Å²) in [5.74, 6) is 0. The van der Waals surface area contributed by atoms with Gasteiger partial charge in [-0.3, -0.25) is 10.1 Å². The number of amides is 2. The maximum Gasteiger partial charge on any atom is 0.350 e. The SMILES string of the molecule is O=CCc1ccc(N(C(=O)NO)c2ccccc2)cc1. The molecule has 0 aliphatic rings. The van der Waals surface area contributed by atoms with Gasteiger partial charge in [0.05, 0.1) is 11.4 Å². The Morgan fingerprint density at radius 2 is 1.65 bits per heavy atom. The maximum atomic E-state index is 11.8. The third-order valence-electron chi connectivity index (χ3n) is 2.83. The molecular weight excluding hydrogens is 256 g/mol. The number of carbonyl (C=O) groups is 2. The lowest BCUT2D eigenvalue weighted by atomic mass is 10.1. The number of aldehydes is 1. The summed E-state index contributed by atoms with van der Waals surface area (Å²) in [5.41, 5.74) is 3.72. The van der Waals surface area contributed by atoms with Crippen LogP contribution in [0.1, 0.15) is 5.56 Å².